The first-order valence-corrected chi connectivity index (χ1v) is 12.4. The Balaban J connectivity index is 2.17. The number of ketones is 1. The number of Topliss-reactive ketones (excluding diaryl/α,β-unsaturated/α-hetero) is 1. The van der Waals surface area contributed by atoms with Gasteiger partial charge in [0.05, 0.1) is 5.69 Å². The Morgan fingerprint density at radius 3 is 2.36 bits per heavy atom. The Hall–Kier alpha value is -2.81. The molecule has 5 N–H and O–H groups in total. The molecule has 0 saturated carbocycles. The minimum Gasteiger partial charge on any atom is -0.480 e. The van der Waals surface area contributed by atoms with Crippen LogP contribution in [-0.4, -0.2) is 50.8 Å². The molecule has 0 bridgehead atoms. The van der Waals surface area contributed by atoms with Crippen LogP contribution in [0.4, 0.5) is 0 Å². The van der Waals surface area contributed by atoms with Crippen LogP contribution in [0.25, 0.3) is 0 Å². The summed E-state index contributed by atoms with van der Waals surface area (Å²) in [7, 11) is -4.36. The van der Waals surface area contributed by atoms with Crippen molar-refractivity contribution in [3.63, 3.8) is 0 Å². The monoisotopic (exact) mass is 479 g/mol. The van der Waals surface area contributed by atoms with Crippen molar-refractivity contribution in [3.05, 3.63) is 53.4 Å². The molecule has 3 unspecified atom stereocenters. The summed E-state index contributed by atoms with van der Waals surface area (Å²) in [5.74, 6) is -5.90. The van der Waals surface area contributed by atoms with E-state index < -0.39 is 48.9 Å². The van der Waals surface area contributed by atoms with Crippen molar-refractivity contribution in [2.24, 2.45) is 17.6 Å². The Bertz CT molecular complexity index is 1020. The topological polar surface area (TPSA) is 173 Å². The maximum Gasteiger partial charge on any atom is 0.326 e. The molecule has 10 nitrogen and oxygen atoms in total. The number of benzene rings is 1. The molecule has 0 aliphatic rings. The summed E-state index contributed by atoms with van der Waals surface area (Å²) in [5, 5.41) is 15.6. The van der Waals surface area contributed by atoms with Crippen LogP contribution in [0.2, 0.25) is 0 Å². The number of aromatic nitrogens is 1. The normalized spacial score (nSPS) is 15.9. The number of hydrogen-bond acceptors (Lipinski definition) is 7. The number of nitrogens with one attached hydrogen (secondary N) is 1. The highest BCUT2D eigenvalue weighted by molar-refractivity contribution is 7.59. The van der Waals surface area contributed by atoms with E-state index in [1.54, 1.807) is 37.3 Å². The van der Waals surface area contributed by atoms with Crippen LogP contribution < -0.4 is 11.1 Å². The van der Waals surface area contributed by atoms with E-state index in [0.717, 1.165) is 0 Å². The fraction of sp³-hybridized carbons (Fsp3) is 0.455. The molecular weight excluding hydrogens is 449 g/mol. The summed E-state index contributed by atoms with van der Waals surface area (Å²) in [6.07, 6.45) is -0.318. The molecule has 2 rings (SSSR count). The zero-order chi connectivity index (χ0) is 24.8. The number of nitrogens with zero attached hydrogens (tertiary/aromatic N) is 1. The second kappa shape index (κ2) is 11.4. The highest BCUT2D eigenvalue weighted by atomic mass is 31.2. The van der Waals surface area contributed by atoms with Gasteiger partial charge in [-0.25, -0.2) is 4.79 Å². The van der Waals surface area contributed by atoms with Crippen molar-refractivity contribution in [3.8, 4) is 0 Å². The number of carbonyl (C=O) groups is 3. The summed E-state index contributed by atoms with van der Waals surface area (Å²) in [6.45, 7) is 5.23. The molecule has 1 heterocycles. The van der Waals surface area contributed by atoms with Gasteiger partial charge in [-0.15, -0.1) is 0 Å². The van der Waals surface area contributed by atoms with Gasteiger partial charge < -0.3 is 25.6 Å². The van der Waals surface area contributed by atoms with E-state index >= 15 is 0 Å². The molecule has 1 aromatic heterocycles. The first-order chi connectivity index (χ1) is 15.4. The minimum atomic E-state index is -4.36. The van der Waals surface area contributed by atoms with E-state index in [0.29, 0.717) is 11.3 Å². The summed E-state index contributed by atoms with van der Waals surface area (Å²) in [5.41, 5.74) is 6.92. The van der Waals surface area contributed by atoms with Gasteiger partial charge in [-0.3, -0.25) is 14.2 Å². The number of carboxylic acids is 1. The average molecular weight is 479 g/mol. The van der Waals surface area contributed by atoms with Crippen LogP contribution in [0.5, 0.6) is 0 Å². The van der Waals surface area contributed by atoms with Gasteiger partial charge in [0.1, 0.15) is 11.8 Å². The quantitative estimate of drug-likeness (QED) is 0.263. The van der Waals surface area contributed by atoms with Crippen molar-refractivity contribution in [2.45, 2.75) is 45.4 Å². The third kappa shape index (κ3) is 7.63. The first kappa shape index (κ1) is 26.4. The van der Waals surface area contributed by atoms with Gasteiger partial charge in [-0.2, -0.15) is 0 Å². The molecule has 180 valence electrons. The Labute approximate surface area is 192 Å². The van der Waals surface area contributed by atoms with Crippen molar-refractivity contribution in [1.29, 1.82) is 0 Å². The maximum atomic E-state index is 13.0. The second-order valence-corrected chi connectivity index (χ2v) is 10.9. The molecule has 0 fully saturated rings. The number of aryl methyl sites for hydroxylation is 1. The average Bonchev–Trinajstić information content (AvgIpc) is 3.18. The lowest BCUT2D eigenvalue weighted by Crippen LogP contribution is -2.46. The van der Waals surface area contributed by atoms with E-state index in [1.807, 2.05) is 13.8 Å². The molecule has 0 aliphatic heterocycles. The zero-order valence-electron chi connectivity index (χ0n) is 18.8. The lowest BCUT2D eigenvalue weighted by Gasteiger charge is -2.25. The molecule has 0 saturated heterocycles. The van der Waals surface area contributed by atoms with Crippen molar-refractivity contribution in [1.82, 2.24) is 10.5 Å². The van der Waals surface area contributed by atoms with E-state index in [1.165, 1.54) is 6.07 Å². The molecule has 0 radical (unpaired) electrons. The molecule has 1 aromatic carbocycles. The van der Waals surface area contributed by atoms with Gasteiger partial charge in [0.25, 0.3) is 0 Å². The van der Waals surface area contributed by atoms with E-state index in [4.69, 9.17) is 10.3 Å². The largest absolute Gasteiger partial charge is 0.480 e. The number of rotatable bonds is 12. The van der Waals surface area contributed by atoms with Crippen molar-refractivity contribution in [2.75, 3.05) is 6.16 Å². The minimum absolute atomic E-state index is 0.0398. The van der Waals surface area contributed by atoms with Crippen LogP contribution in [0.3, 0.4) is 0 Å². The molecule has 1 amide bonds. The highest BCUT2D eigenvalue weighted by Gasteiger charge is 2.40. The highest BCUT2D eigenvalue weighted by Crippen LogP contribution is 2.47. The van der Waals surface area contributed by atoms with E-state index in [-0.39, 0.29) is 24.5 Å². The van der Waals surface area contributed by atoms with Crippen LogP contribution in [0.1, 0.15) is 42.1 Å². The number of carbonyl (C=O) groups excluding carboxylic acids is 2. The van der Waals surface area contributed by atoms with Crippen LogP contribution in [-0.2, 0) is 20.6 Å². The summed E-state index contributed by atoms with van der Waals surface area (Å²) >= 11 is 0. The molecule has 33 heavy (non-hydrogen) atoms. The second-order valence-electron chi connectivity index (χ2n) is 8.50. The molecule has 4 atom stereocenters. The summed E-state index contributed by atoms with van der Waals surface area (Å²) in [4.78, 5) is 47.8. The number of aliphatic carboxylic acids is 1. The standard InChI is InChI=1S/C22H30N3O7P/c1-13(2)9-16(12-33(30,31)20(23)19(26)18-10-14(3)25-32-18)21(27)24-17(22(28)29)11-15-7-5-4-6-8-15/h4-8,10,13,16-17,20H,9,11-12,23H2,1-3H3,(H,24,27)(H,28,29)(H,30,31)/t16?,17-,20?/m0/s1. The summed E-state index contributed by atoms with van der Waals surface area (Å²) in [6, 6.07) is 8.88. The molecule has 0 aliphatic carbocycles. The Kier molecular flexibility index (Phi) is 9.10. The lowest BCUT2D eigenvalue weighted by atomic mass is 9.97. The first-order valence-electron chi connectivity index (χ1n) is 10.5. The summed E-state index contributed by atoms with van der Waals surface area (Å²) < 4.78 is 17.8. The molecule has 2 aromatic rings. The van der Waals surface area contributed by atoms with Gasteiger partial charge >= 0.3 is 5.97 Å². The van der Waals surface area contributed by atoms with Gasteiger partial charge in [-0.05, 0) is 24.8 Å². The molecule has 11 heteroatoms. The number of hydrogen-bond donors (Lipinski definition) is 4. The third-order valence-electron chi connectivity index (χ3n) is 5.08. The Morgan fingerprint density at radius 1 is 1.21 bits per heavy atom. The molecule has 0 spiro atoms. The smallest absolute Gasteiger partial charge is 0.326 e. The Morgan fingerprint density at radius 2 is 1.85 bits per heavy atom. The van der Waals surface area contributed by atoms with Gasteiger partial charge in [0, 0.05) is 24.6 Å². The SMILES string of the molecule is Cc1cc(C(=O)C(N)P(=O)(O)CC(CC(C)C)C(=O)N[C@@H](Cc2ccccc2)C(=O)O)on1. The number of nitrogens with two attached hydrogens (primary N) is 1. The van der Waals surface area contributed by atoms with E-state index in [9.17, 15) is 28.9 Å². The van der Waals surface area contributed by atoms with Gasteiger partial charge in [0.2, 0.25) is 24.8 Å². The van der Waals surface area contributed by atoms with Gasteiger partial charge in [0.15, 0.2) is 0 Å². The van der Waals surface area contributed by atoms with Crippen molar-refractivity contribution >= 4 is 25.0 Å². The maximum absolute atomic E-state index is 13.0. The zero-order valence-corrected chi connectivity index (χ0v) is 19.7. The fourth-order valence-corrected chi connectivity index (χ4v) is 5.08. The molecular formula is C22H30N3O7P. The predicted octanol–water partition coefficient (Wildman–Crippen LogP) is 2.20. The van der Waals surface area contributed by atoms with Gasteiger partial charge in [-0.1, -0.05) is 49.3 Å². The lowest BCUT2D eigenvalue weighted by molar-refractivity contribution is -0.142. The van der Waals surface area contributed by atoms with Crippen LogP contribution >= 0.6 is 7.37 Å². The fourth-order valence-electron chi connectivity index (χ4n) is 3.41. The number of carboxylic acid groups (broad SMARTS) is 1. The van der Waals surface area contributed by atoms with E-state index in [2.05, 4.69) is 10.5 Å². The van der Waals surface area contributed by atoms with Crippen molar-refractivity contribution < 1.29 is 33.5 Å². The predicted molar refractivity (Wildman–Crippen MR) is 121 cm³/mol. The van der Waals surface area contributed by atoms with Crippen LogP contribution in [0, 0.1) is 18.8 Å². The number of amides is 1. The third-order valence-corrected chi connectivity index (χ3v) is 7.15. The van der Waals surface area contributed by atoms with Crippen LogP contribution in [0.15, 0.2) is 40.9 Å².